The van der Waals surface area contributed by atoms with Gasteiger partial charge in [0.05, 0.1) is 0 Å². The topological polar surface area (TPSA) is 46.3 Å². The van der Waals surface area contributed by atoms with Gasteiger partial charge in [0.1, 0.15) is 0 Å². The Morgan fingerprint density at radius 2 is 1.76 bits per heavy atom. The molecular formula is C18H34N2O. The van der Waals surface area contributed by atoms with Crippen LogP contribution >= 0.6 is 0 Å². The molecule has 1 saturated carbocycles. The van der Waals surface area contributed by atoms with Gasteiger partial charge in [-0.15, -0.1) is 0 Å². The van der Waals surface area contributed by atoms with Crippen LogP contribution in [-0.2, 0) is 4.79 Å². The Labute approximate surface area is 130 Å². The van der Waals surface area contributed by atoms with Crippen LogP contribution in [0.5, 0.6) is 0 Å². The fraction of sp³-hybridized carbons (Fsp3) is 0.944. The summed E-state index contributed by atoms with van der Waals surface area (Å²) in [5.74, 6) is 1.65. The molecule has 0 radical (unpaired) electrons. The molecule has 122 valence electrons. The number of amides is 1. The minimum atomic E-state index is 0.333. The number of fused-ring (bicyclic) bond motifs is 1. The summed E-state index contributed by atoms with van der Waals surface area (Å²) in [6, 6.07) is 0.333. The molecule has 1 saturated heterocycles. The van der Waals surface area contributed by atoms with Gasteiger partial charge in [-0.1, -0.05) is 51.9 Å². The van der Waals surface area contributed by atoms with Gasteiger partial charge in [-0.2, -0.15) is 0 Å². The Bertz CT molecular complexity index is 318. The lowest BCUT2D eigenvalue weighted by Crippen LogP contribution is -2.38. The van der Waals surface area contributed by atoms with Gasteiger partial charge in [-0.3, -0.25) is 4.79 Å². The minimum Gasteiger partial charge on any atom is -0.342 e. The predicted octanol–water partition coefficient (Wildman–Crippen LogP) is 3.71. The van der Waals surface area contributed by atoms with Crippen LogP contribution < -0.4 is 5.73 Å². The van der Waals surface area contributed by atoms with Gasteiger partial charge >= 0.3 is 0 Å². The van der Waals surface area contributed by atoms with E-state index in [1.54, 1.807) is 0 Å². The average molecular weight is 294 g/mol. The maximum Gasteiger partial charge on any atom is 0.222 e. The normalized spacial score (nSPS) is 28.7. The third-order valence-electron chi connectivity index (χ3n) is 5.50. The van der Waals surface area contributed by atoms with Crippen LogP contribution in [0.15, 0.2) is 0 Å². The van der Waals surface area contributed by atoms with Crippen molar-refractivity contribution < 1.29 is 4.79 Å². The highest BCUT2D eigenvalue weighted by Gasteiger charge is 2.39. The molecule has 2 rings (SSSR count). The van der Waals surface area contributed by atoms with E-state index < -0.39 is 0 Å². The van der Waals surface area contributed by atoms with E-state index in [0.29, 0.717) is 23.8 Å². The molecule has 1 aliphatic heterocycles. The summed E-state index contributed by atoms with van der Waals surface area (Å²) in [5, 5.41) is 0. The third kappa shape index (κ3) is 4.98. The molecule has 0 aromatic heterocycles. The molecule has 0 aromatic carbocycles. The lowest BCUT2D eigenvalue weighted by molar-refractivity contribution is -0.130. The van der Waals surface area contributed by atoms with E-state index >= 15 is 0 Å². The molecular weight excluding hydrogens is 260 g/mol. The second-order valence-electron chi connectivity index (χ2n) is 7.19. The average Bonchev–Trinajstić information content (AvgIpc) is 2.92. The van der Waals surface area contributed by atoms with E-state index in [1.807, 2.05) is 0 Å². The van der Waals surface area contributed by atoms with E-state index in [0.717, 1.165) is 32.4 Å². The van der Waals surface area contributed by atoms with E-state index in [-0.39, 0.29) is 0 Å². The van der Waals surface area contributed by atoms with Crippen LogP contribution in [0.3, 0.4) is 0 Å². The molecule has 2 fully saturated rings. The van der Waals surface area contributed by atoms with Gasteiger partial charge < -0.3 is 10.6 Å². The summed E-state index contributed by atoms with van der Waals surface area (Å²) in [7, 11) is 0. The molecule has 3 unspecified atom stereocenters. The highest BCUT2D eigenvalue weighted by Crippen LogP contribution is 2.35. The molecule has 3 atom stereocenters. The third-order valence-corrected chi connectivity index (χ3v) is 5.50. The number of nitrogens with zero attached hydrogens (tertiary/aromatic N) is 1. The van der Waals surface area contributed by atoms with Crippen molar-refractivity contribution in [3.05, 3.63) is 0 Å². The van der Waals surface area contributed by atoms with Crippen molar-refractivity contribution in [2.24, 2.45) is 17.6 Å². The molecule has 1 aliphatic carbocycles. The summed E-state index contributed by atoms with van der Waals surface area (Å²) in [4.78, 5) is 14.4. The number of unbranched alkanes of at least 4 members (excludes halogenated alkanes) is 6. The summed E-state index contributed by atoms with van der Waals surface area (Å²) in [5.41, 5.74) is 6.22. The second-order valence-corrected chi connectivity index (χ2v) is 7.19. The number of carbonyl (C=O) groups is 1. The smallest absolute Gasteiger partial charge is 0.222 e. The fourth-order valence-corrected chi connectivity index (χ4v) is 4.11. The molecule has 3 nitrogen and oxygen atoms in total. The van der Waals surface area contributed by atoms with Gasteiger partial charge in [0, 0.05) is 25.6 Å². The van der Waals surface area contributed by atoms with Crippen molar-refractivity contribution in [1.29, 1.82) is 0 Å². The van der Waals surface area contributed by atoms with Gasteiger partial charge in [0.15, 0.2) is 0 Å². The van der Waals surface area contributed by atoms with E-state index in [2.05, 4.69) is 11.8 Å². The largest absolute Gasteiger partial charge is 0.342 e. The van der Waals surface area contributed by atoms with Gasteiger partial charge in [0.2, 0.25) is 5.91 Å². The highest BCUT2D eigenvalue weighted by molar-refractivity contribution is 5.76. The van der Waals surface area contributed by atoms with Crippen molar-refractivity contribution >= 4 is 5.91 Å². The van der Waals surface area contributed by atoms with E-state index in [1.165, 1.54) is 51.4 Å². The number of rotatable bonds is 8. The first-order valence-electron chi connectivity index (χ1n) is 9.25. The highest BCUT2D eigenvalue weighted by atomic mass is 16.2. The van der Waals surface area contributed by atoms with Crippen molar-refractivity contribution in [3.8, 4) is 0 Å². The van der Waals surface area contributed by atoms with Crippen LogP contribution in [-0.4, -0.2) is 29.9 Å². The fourth-order valence-electron chi connectivity index (χ4n) is 4.11. The number of hydrogen-bond donors (Lipinski definition) is 1. The predicted molar refractivity (Wildman–Crippen MR) is 88.0 cm³/mol. The molecule has 3 heteroatoms. The summed E-state index contributed by atoms with van der Waals surface area (Å²) in [6.07, 6.45) is 13.4. The van der Waals surface area contributed by atoms with Gasteiger partial charge in [-0.25, -0.2) is 0 Å². The SMILES string of the molecule is CCCCCCCCCC(=O)N1CC2CCCC(N)C2C1. The first kappa shape index (κ1) is 16.8. The molecule has 0 bridgehead atoms. The summed E-state index contributed by atoms with van der Waals surface area (Å²) >= 11 is 0. The first-order chi connectivity index (χ1) is 10.2. The van der Waals surface area contributed by atoms with Crippen LogP contribution in [0.4, 0.5) is 0 Å². The molecule has 1 amide bonds. The minimum absolute atomic E-state index is 0.333. The van der Waals surface area contributed by atoms with Crippen LogP contribution in [0.2, 0.25) is 0 Å². The molecule has 0 aromatic rings. The van der Waals surface area contributed by atoms with Crippen LogP contribution in [0, 0.1) is 11.8 Å². The number of nitrogens with two attached hydrogens (primary N) is 1. The number of likely N-dealkylation sites (tertiary alicyclic amines) is 1. The Kier molecular flexibility index (Phi) is 7.01. The number of carbonyl (C=O) groups excluding carboxylic acids is 1. The van der Waals surface area contributed by atoms with Crippen molar-refractivity contribution in [2.75, 3.05) is 13.1 Å². The standard InChI is InChI=1S/C18H34N2O/c1-2-3-4-5-6-7-8-12-18(21)20-13-15-10-9-11-17(19)16(15)14-20/h15-17H,2-14,19H2,1H3. The molecule has 21 heavy (non-hydrogen) atoms. The Balaban J connectivity index is 1.59. The summed E-state index contributed by atoms with van der Waals surface area (Å²) < 4.78 is 0. The zero-order chi connectivity index (χ0) is 15.1. The summed E-state index contributed by atoms with van der Waals surface area (Å²) in [6.45, 7) is 4.16. The van der Waals surface area contributed by atoms with E-state index in [9.17, 15) is 4.79 Å². The first-order valence-corrected chi connectivity index (χ1v) is 9.25. The quantitative estimate of drug-likeness (QED) is 0.694. The second kappa shape index (κ2) is 8.77. The van der Waals surface area contributed by atoms with Crippen LogP contribution in [0.25, 0.3) is 0 Å². The zero-order valence-corrected chi connectivity index (χ0v) is 13.9. The Morgan fingerprint density at radius 3 is 2.48 bits per heavy atom. The van der Waals surface area contributed by atoms with Crippen molar-refractivity contribution in [2.45, 2.75) is 83.6 Å². The van der Waals surface area contributed by atoms with Gasteiger partial charge in [0.25, 0.3) is 0 Å². The lowest BCUT2D eigenvalue weighted by atomic mass is 9.78. The van der Waals surface area contributed by atoms with E-state index in [4.69, 9.17) is 5.73 Å². The molecule has 0 spiro atoms. The molecule has 2 N–H and O–H groups in total. The lowest BCUT2D eigenvalue weighted by Gasteiger charge is -2.29. The maximum absolute atomic E-state index is 12.3. The zero-order valence-electron chi connectivity index (χ0n) is 13.9. The molecule has 2 aliphatic rings. The van der Waals surface area contributed by atoms with Crippen molar-refractivity contribution in [3.63, 3.8) is 0 Å². The Morgan fingerprint density at radius 1 is 1.05 bits per heavy atom. The number of hydrogen-bond acceptors (Lipinski definition) is 2. The van der Waals surface area contributed by atoms with Gasteiger partial charge in [-0.05, 0) is 31.1 Å². The Hall–Kier alpha value is -0.570. The molecule has 1 heterocycles. The maximum atomic E-state index is 12.3. The van der Waals surface area contributed by atoms with Crippen LogP contribution in [0.1, 0.15) is 77.6 Å². The van der Waals surface area contributed by atoms with Crippen molar-refractivity contribution in [1.82, 2.24) is 4.90 Å². The monoisotopic (exact) mass is 294 g/mol.